The Morgan fingerprint density at radius 3 is 2.78 bits per heavy atom. The van der Waals surface area contributed by atoms with Crippen LogP contribution in [-0.2, 0) is 4.79 Å². The lowest BCUT2D eigenvalue weighted by Gasteiger charge is -2.19. The van der Waals surface area contributed by atoms with Crippen molar-refractivity contribution in [1.29, 1.82) is 0 Å². The van der Waals surface area contributed by atoms with Crippen LogP contribution >= 0.6 is 12.6 Å². The molecule has 1 aromatic rings. The van der Waals surface area contributed by atoms with Crippen molar-refractivity contribution in [2.24, 2.45) is 0 Å². The van der Waals surface area contributed by atoms with Gasteiger partial charge in [0.2, 0.25) is 5.91 Å². The predicted octanol–water partition coefficient (Wildman–Crippen LogP) is 1.43. The molecule has 96 valence electrons. The van der Waals surface area contributed by atoms with Gasteiger partial charge in [0.05, 0.1) is 18.4 Å². The van der Waals surface area contributed by atoms with E-state index in [-0.39, 0.29) is 16.7 Å². The second-order valence-electron chi connectivity index (χ2n) is 4.05. The average molecular weight is 267 g/mol. The molecule has 0 saturated carbocycles. The molecule has 1 aromatic carbocycles. The Morgan fingerprint density at radius 1 is 1.56 bits per heavy atom. The fourth-order valence-corrected chi connectivity index (χ4v) is 2.27. The Labute approximate surface area is 110 Å². The molecule has 1 N–H and O–H groups in total. The van der Waals surface area contributed by atoms with Gasteiger partial charge in [-0.15, -0.1) is 0 Å². The van der Waals surface area contributed by atoms with Gasteiger partial charge < -0.3 is 14.7 Å². The van der Waals surface area contributed by atoms with Gasteiger partial charge in [-0.05, 0) is 18.2 Å². The number of benzene rings is 1. The third kappa shape index (κ3) is 2.28. The number of ether oxygens (including phenoxy) is 1. The smallest absolute Gasteiger partial charge is 0.335 e. The Kier molecular flexibility index (Phi) is 3.47. The average Bonchev–Trinajstić information content (AvgIpc) is 2.67. The summed E-state index contributed by atoms with van der Waals surface area (Å²) in [4.78, 5) is 24.2. The zero-order valence-corrected chi connectivity index (χ0v) is 10.7. The van der Waals surface area contributed by atoms with Gasteiger partial charge in [-0.25, -0.2) is 4.79 Å². The molecule has 1 atom stereocenters. The van der Waals surface area contributed by atoms with Crippen LogP contribution in [0, 0.1) is 0 Å². The summed E-state index contributed by atoms with van der Waals surface area (Å²) >= 11 is 4.28. The number of carboxylic acid groups (broad SMARTS) is 1. The minimum atomic E-state index is -1.03. The maximum Gasteiger partial charge on any atom is 0.335 e. The molecule has 18 heavy (non-hydrogen) atoms. The lowest BCUT2D eigenvalue weighted by atomic mass is 10.2. The molecule has 0 spiro atoms. The highest BCUT2D eigenvalue weighted by molar-refractivity contribution is 7.81. The molecule has 5 nitrogen and oxygen atoms in total. The van der Waals surface area contributed by atoms with Gasteiger partial charge in [-0.3, -0.25) is 4.79 Å². The Morgan fingerprint density at radius 2 is 2.28 bits per heavy atom. The lowest BCUT2D eigenvalue weighted by molar-refractivity contribution is -0.117. The van der Waals surface area contributed by atoms with E-state index >= 15 is 0 Å². The maximum atomic E-state index is 11.8. The number of rotatable bonds is 3. The van der Waals surface area contributed by atoms with E-state index in [0.717, 1.165) is 0 Å². The molecule has 6 heteroatoms. The molecule has 1 unspecified atom stereocenters. The number of methoxy groups -OCH3 is 1. The van der Waals surface area contributed by atoms with E-state index in [1.54, 1.807) is 11.0 Å². The van der Waals surface area contributed by atoms with E-state index < -0.39 is 5.97 Å². The molecule has 0 radical (unpaired) electrons. The molecular weight excluding hydrogens is 254 g/mol. The first-order chi connectivity index (χ1) is 8.52. The number of amides is 1. The zero-order chi connectivity index (χ0) is 13.3. The fourth-order valence-electron chi connectivity index (χ4n) is 1.96. The van der Waals surface area contributed by atoms with Gasteiger partial charge in [-0.1, -0.05) is 0 Å². The van der Waals surface area contributed by atoms with Crippen LogP contribution in [0.3, 0.4) is 0 Å². The molecule has 1 amide bonds. The van der Waals surface area contributed by atoms with Crippen molar-refractivity contribution in [2.45, 2.75) is 11.7 Å². The number of aromatic carboxylic acids is 1. The van der Waals surface area contributed by atoms with Crippen LogP contribution in [0.2, 0.25) is 0 Å². The summed E-state index contributed by atoms with van der Waals surface area (Å²) in [5.74, 6) is -0.679. The number of carbonyl (C=O) groups is 2. The Bertz CT molecular complexity index is 503. The molecule has 1 aliphatic heterocycles. The minimum absolute atomic E-state index is 0.00126. The maximum absolute atomic E-state index is 11.8. The number of carbonyl (C=O) groups excluding carboxylic acids is 1. The zero-order valence-electron chi connectivity index (χ0n) is 9.79. The highest BCUT2D eigenvalue weighted by Gasteiger charge is 2.30. The summed E-state index contributed by atoms with van der Waals surface area (Å²) in [7, 11) is 1.45. The number of hydrogen-bond donors (Lipinski definition) is 2. The number of anilines is 1. The normalized spacial score (nSPS) is 19.1. The summed E-state index contributed by atoms with van der Waals surface area (Å²) in [6.45, 7) is 0.505. The van der Waals surface area contributed by atoms with E-state index in [4.69, 9.17) is 9.84 Å². The summed E-state index contributed by atoms with van der Waals surface area (Å²) in [6, 6.07) is 4.46. The minimum Gasteiger partial charge on any atom is -0.495 e. The summed E-state index contributed by atoms with van der Waals surface area (Å²) in [5.41, 5.74) is 0.716. The molecule has 0 aliphatic carbocycles. The van der Waals surface area contributed by atoms with Crippen molar-refractivity contribution >= 4 is 30.2 Å². The van der Waals surface area contributed by atoms with Crippen molar-refractivity contribution < 1.29 is 19.4 Å². The van der Waals surface area contributed by atoms with Crippen molar-refractivity contribution in [3.63, 3.8) is 0 Å². The quantitative estimate of drug-likeness (QED) is 0.813. The van der Waals surface area contributed by atoms with Gasteiger partial charge in [0.1, 0.15) is 5.75 Å². The SMILES string of the molecule is COc1cc(C(=O)O)ccc1N1CC(S)CC1=O. The molecule has 2 rings (SSSR count). The van der Waals surface area contributed by atoms with Crippen LogP contribution in [0.25, 0.3) is 0 Å². The highest BCUT2D eigenvalue weighted by atomic mass is 32.1. The van der Waals surface area contributed by atoms with Crippen LogP contribution in [0.15, 0.2) is 18.2 Å². The van der Waals surface area contributed by atoms with Crippen molar-refractivity contribution in [1.82, 2.24) is 0 Å². The van der Waals surface area contributed by atoms with Crippen molar-refractivity contribution in [3.8, 4) is 5.75 Å². The molecule has 1 fully saturated rings. The first-order valence-corrected chi connectivity index (χ1v) is 5.94. The number of thiol groups is 1. The van der Waals surface area contributed by atoms with E-state index in [9.17, 15) is 9.59 Å². The van der Waals surface area contributed by atoms with E-state index in [1.807, 2.05) is 0 Å². The first kappa shape index (κ1) is 12.8. The predicted molar refractivity (Wildman–Crippen MR) is 69.7 cm³/mol. The molecule has 1 aliphatic rings. The molecule has 0 bridgehead atoms. The van der Waals surface area contributed by atoms with Gasteiger partial charge in [0.15, 0.2) is 0 Å². The topological polar surface area (TPSA) is 66.8 Å². The monoisotopic (exact) mass is 267 g/mol. The van der Waals surface area contributed by atoms with E-state index in [1.165, 1.54) is 19.2 Å². The molecule has 1 saturated heterocycles. The standard InChI is InChI=1S/C12H13NO4S/c1-17-10-4-7(12(15)16)2-3-9(10)13-6-8(18)5-11(13)14/h2-4,8,18H,5-6H2,1H3,(H,15,16). The third-order valence-corrected chi connectivity index (χ3v) is 3.17. The van der Waals surface area contributed by atoms with Crippen LogP contribution in [-0.4, -0.2) is 35.9 Å². The fraction of sp³-hybridized carbons (Fsp3) is 0.333. The van der Waals surface area contributed by atoms with Gasteiger partial charge >= 0.3 is 5.97 Å². The lowest BCUT2D eigenvalue weighted by Crippen LogP contribution is -2.25. The van der Waals surface area contributed by atoms with Gasteiger partial charge in [0, 0.05) is 18.2 Å². The molecular formula is C12H13NO4S. The largest absolute Gasteiger partial charge is 0.495 e. The van der Waals surface area contributed by atoms with Crippen LogP contribution in [0.5, 0.6) is 5.75 Å². The first-order valence-electron chi connectivity index (χ1n) is 5.42. The number of nitrogens with zero attached hydrogens (tertiary/aromatic N) is 1. The van der Waals surface area contributed by atoms with Crippen molar-refractivity contribution in [2.75, 3.05) is 18.6 Å². The number of hydrogen-bond acceptors (Lipinski definition) is 4. The van der Waals surface area contributed by atoms with E-state index in [2.05, 4.69) is 12.6 Å². The highest BCUT2D eigenvalue weighted by Crippen LogP contribution is 2.33. The molecule has 0 aromatic heterocycles. The van der Waals surface area contributed by atoms with Crippen LogP contribution in [0.4, 0.5) is 5.69 Å². The molecule has 1 heterocycles. The van der Waals surface area contributed by atoms with Gasteiger partial charge in [-0.2, -0.15) is 12.6 Å². The second-order valence-corrected chi connectivity index (χ2v) is 4.78. The summed E-state index contributed by atoms with van der Waals surface area (Å²) in [5, 5.41) is 8.91. The Hall–Kier alpha value is -1.69. The van der Waals surface area contributed by atoms with Gasteiger partial charge in [0.25, 0.3) is 0 Å². The second kappa shape index (κ2) is 4.89. The van der Waals surface area contributed by atoms with E-state index in [0.29, 0.717) is 24.4 Å². The van der Waals surface area contributed by atoms with Crippen LogP contribution < -0.4 is 9.64 Å². The number of carboxylic acids is 1. The third-order valence-electron chi connectivity index (χ3n) is 2.82. The van der Waals surface area contributed by atoms with Crippen molar-refractivity contribution in [3.05, 3.63) is 23.8 Å². The summed E-state index contributed by atoms with van der Waals surface area (Å²) in [6.07, 6.45) is 0.382. The summed E-state index contributed by atoms with van der Waals surface area (Å²) < 4.78 is 5.15. The Balaban J connectivity index is 2.39. The van der Waals surface area contributed by atoms with Crippen LogP contribution in [0.1, 0.15) is 16.8 Å².